The number of aliphatic hydroxyl groups is 1. The lowest BCUT2D eigenvalue weighted by Gasteiger charge is -2.22. The Morgan fingerprint density at radius 3 is 2.52 bits per heavy atom. The molecule has 0 saturated carbocycles. The van der Waals surface area contributed by atoms with Gasteiger partial charge in [-0.05, 0) is 25.0 Å². The zero-order chi connectivity index (χ0) is 16.1. The Bertz CT molecular complexity index is 533. The van der Waals surface area contributed by atoms with Gasteiger partial charge in [0.25, 0.3) is 10.1 Å². The van der Waals surface area contributed by atoms with Crippen molar-refractivity contribution in [1.29, 1.82) is 0 Å². The van der Waals surface area contributed by atoms with Gasteiger partial charge in [0.15, 0.2) is 0 Å². The summed E-state index contributed by atoms with van der Waals surface area (Å²) in [7, 11) is -3.79. The van der Waals surface area contributed by atoms with Crippen LogP contribution in [0.25, 0.3) is 0 Å². The molecule has 1 aromatic rings. The lowest BCUT2D eigenvalue weighted by Crippen LogP contribution is -2.27. The maximum absolute atomic E-state index is 12.9. The van der Waals surface area contributed by atoms with Crippen molar-refractivity contribution in [3.8, 4) is 0 Å². The number of halogens is 3. The topological polar surface area (TPSA) is 76.5 Å². The number of nitrogens with zero attached hydrogens (tertiary/aromatic N) is 1. The summed E-state index contributed by atoms with van der Waals surface area (Å²) in [6, 6.07) is 4.56. The van der Waals surface area contributed by atoms with Crippen molar-refractivity contribution in [1.82, 2.24) is 4.98 Å². The molecule has 0 fully saturated rings. The van der Waals surface area contributed by atoms with Crippen LogP contribution in [0.4, 0.5) is 13.2 Å². The zero-order valence-corrected chi connectivity index (χ0v) is 12.1. The van der Waals surface area contributed by atoms with Crippen LogP contribution < -0.4 is 0 Å². The Labute approximate surface area is 120 Å². The van der Waals surface area contributed by atoms with E-state index in [4.69, 9.17) is 0 Å². The number of hydrogen-bond acceptors (Lipinski definition) is 5. The molecular formula is C12H16F3NO4S. The highest BCUT2D eigenvalue weighted by molar-refractivity contribution is 7.85. The summed E-state index contributed by atoms with van der Waals surface area (Å²) in [6.45, 7) is -0.585. The van der Waals surface area contributed by atoms with E-state index < -0.39 is 47.8 Å². The third-order valence-corrected chi connectivity index (χ3v) is 3.36. The highest BCUT2D eigenvalue weighted by Gasteiger charge is 2.40. The molecule has 5 nitrogen and oxygen atoms in total. The standard InChI is InChI=1S/C12H16F3NO4S/c1-21(18,19)20-7-5-9(12(13,14)15)8-11(17)10-4-2-3-6-16-10/h2-4,6,9,11,17H,5,7-8H2,1H3/t9-,11?/m1/s1. The van der Waals surface area contributed by atoms with Crippen molar-refractivity contribution in [3.05, 3.63) is 30.1 Å². The molecule has 0 radical (unpaired) electrons. The van der Waals surface area contributed by atoms with Crippen molar-refractivity contribution < 1.29 is 30.9 Å². The monoisotopic (exact) mass is 327 g/mol. The molecule has 0 spiro atoms. The van der Waals surface area contributed by atoms with Crippen LogP contribution in [-0.2, 0) is 14.3 Å². The molecule has 2 atom stereocenters. The van der Waals surface area contributed by atoms with Crippen LogP contribution in [0.15, 0.2) is 24.4 Å². The second-order valence-corrected chi connectivity index (χ2v) is 6.20. The fraction of sp³-hybridized carbons (Fsp3) is 0.583. The Morgan fingerprint density at radius 2 is 2.05 bits per heavy atom. The van der Waals surface area contributed by atoms with E-state index in [0.29, 0.717) is 0 Å². The third-order valence-electron chi connectivity index (χ3n) is 2.76. The van der Waals surface area contributed by atoms with E-state index in [1.165, 1.54) is 12.3 Å². The first-order valence-corrected chi connectivity index (χ1v) is 7.91. The fourth-order valence-corrected chi connectivity index (χ4v) is 2.12. The van der Waals surface area contributed by atoms with E-state index in [9.17, 15) is 26.7 Å². The van der Waals surface area contributed by atoms with Gasteiger partial charge in [0.05, 0.1) is 30.6 Å². The van der Waals surface area contributed by atoms with Crippen LogP contribution in [0.1, 0.15) is 24.6 Å². The number of alkyl halides is 3. The first-order valence-electron chi connectivity index (χ1n) is 6.09. The Hall–Kier alpha value is -1.19. The number of hydrogen-bond donors (Lipinski definition) is 1. The Morgan fingerprint density at radius 1 is 1.38 bits per heavy atom. The normalized spacial score (nSPS) is 15.7. The maximum atomic E-state index is 12.9. The average molecular weight is 327 g/mol. The van der Waals surface area contributed by atoms with Gasteiger partial charge < -0.3 is 5.11 Å². The molecule has 0 bridgehead atoms. The number of rotatable bonds is 7. The van der Waals surface area contributed by atoms with E-state index in [1.54, 1.807) is 12.1 Å². The van der Waals surface area contributed by atoms with E-state index in [2.05, 4.69) is 9.17 Å². The molecular weight excluding hydrogens is 311 g/mol. The van der Waals surface area contributed by atoms with Crippen molar-refractivity contribution in [2.75, 3.05) is 12.9 Å². The molecule has 21 heavy (non-hydrogen) atoms. The van der Waals surface area contributed by atoms with Gasteiger partial charge in [0, 0.05) is 6.20 Å². The molecule has 0 aliphatic carbocycles. The predicted molar refractivity (Wildman–Crippen MR) is 68.8 cm³/mol. The van der Waals surface area contributed by atoms with Crippen molar-refractivity contribution >= 4 is 10.1 Å². The molecule has 1 rings (SSSR count). The quantitative estimate of drug-likeness (QED) is 0.776. The maximum Gasteiger partial charge on any atom is 0.392 e. The second-order valence-electron chi connectivity index (χ2n) is 4.56. The Kier molecular flexibility index (Phi) is 6.11. The molecule has 1 aromatic heterocycles. The zero-order valence-electron chi connectivity index (χ0n) is 11.2. The molecule has 0 saturated heterocycles. The van der Waals surface area contributed by atoms with E-state index in [1.807, 2.05) is 0 Å². The summed E-state index contributed by atoms with van der Waals surface area (Å²) >= 11 is 0. The molecule has 0 aliphatic rings. The molecule has 1 heterocycles. The lowest BCUT2D eigenvalue weighted by atomic mass is 9.96. The second kappa shape index (κ2) is 7.19. The van der Waals surface area contributed by atoms with Gasteiger partial charge in [-0.15, -0.1) is 0 Å². The summed E-state index contributed by atoms with van der Waals surface area (Å²) in [5, 5.41) is 9.79. The van der Waals surface area contributed by atoms with Gasteiger partial charge in [-0.25, -0.2) is 0 Å². The van der Waals surface area contributed by atoms with E-state index in [0.717, 1.165) is 6.26 Å². The van der Waals surface area contributed by atoms with Crippen LogP contribution in [-0.4, -0.2) is 37.5 Å². The summed E-state index contributed by atoms with van der Waals surface area (Å²) in [5.74, 6) is -1.88. The highest BCUT2D eigenvalue weighted by atomic mass is 32.2. The SMILES string of the molecule is CS(=O)(=O)OCC[C@H](CC(O)c1ccccn1)C(F)(F)F. The van der Waals surface area contributed by atoms with Gasteiger partial charge in [-0.2, -0.15) is 21.6 Å². The largest absolute Gasteiger partial charge is 0.392 e. The van der Waals surface area contributed by atoms with Gasteiger partial charge >= 0.3 is 6.18 Å². The lowest BCUT2D eigenvalue weighted by molar-refractivity contribution is -0.185. The van der Waals surface area contributed by atoms with Crippen molar-refractivity contribution in [2.45, 2.75) is 25.1 Å². The fourth-order valence-electron chi connectivity index (χ4n) is 1.72. The summed E-state index contributed by atoms with van der Waals surface area (Å²) in [6.07, 6.45) is -4.96. The molecule has 0 amide bonds. The summed E-state index contributed by atoms with van der Waals surface area (Å²) in [5.41, 5.74) is 0.135. The predicted octanol–water partition coefficient (Wildman–Crippen LogP) is 2.05. The van der Waals surface area contributed by atoms with Crippen LogP contribution >= 0.6 is 0 Å². The summed E-state index contributed by atoms with van der Waals surface area (Å²) in [4.78, 5) is 3.79. The van der Waals surface area contributed by atoms with Crippen molar-refractivity contribution in [3.63, 3.8) is 0 Å². The first-order chi connectivity index (χ1) is 9.59. The molecule has 0 aromatic carbocycles. The van der Waals surface area contributed by atoms with Crippen LogP contribution in [0, 0.1) is 5.92 Å². The van der Waals surface area contributed by atoms with Gasteiger partial charge in [-0.1, -0.05) is 6.07 Å². The summed E-state index contributed by atoms with van der Waals surface area (Å²) < 4.78 is 64.4. The molecule has 9 heteroatoms. The smallest absolute Gasteiger partial charge is 0.387 e. The molecule has 120 valence electrons. The van der Waals surface area contributed by atoms with Crippen LogP contribution in [0.2, 0.25) is 0 Å². The third kappa shape index (κ3) is 6.87. The molecule has 0 aliphatic heterocycles. The average Bonchev–Trinajstić information content (AvgIpc) is 2.36. The highest BCUT2D eigenvalue weighted by Crippen LogP contribution is 2.35. The molecule has 1 unspecified atom stereocenters. The Balaban J connectivity index is 2.66. The van der Waals surface area contributed by atoms with Crippen LogP contribution in [0.3, 0.4) is 0 Å². The minimum absolute atomic E-state index is 0.135. The van der Waals surface area contributed by atoms with Gasteiger partial charge in [0.1, 0.15) is 0 Å². The van der Waals surface area contributed by atoms with E-state index >= 15 is 0 Å². The van der Waals surface area contributed by atoms with Crippen LogP contribution in [0.5, 0.6) is 0 Å². The van der Waals surface area contributed by atoms with Gasteiger partial charge in [-0.3, -0.25) is 9.17 Å². The van der Waals surface area contributed by atoms with Gasteiger partial charge in [0.2, 0.25) is 0 Å². The minimum Gasteiger partial charge on any atom is -0.387 e. The number of aromatic nitrogens is 1. The van der Waals surface area contributed by atoms with Crippen molar-refractivity contribution in [2.24, 2.45) is 5.92 Å². The molecule has 1 N–H and O–H groups in total. The minimum atomic E-state index is -4.56. The van der Waals surface area contributed by atoms with E-state index in [-0.39, 0.29) is 5.69 Å². The first kappa shape index (κ1) is 17.9. The number of pyridine rings is 1. The number of aliphatic hydroxyl groups excluding tert-OH is 1.